The maximum atomic E-state index is 12.7. The van der Waals surface area contributed by atoms with E-state index in [0.717, 1.165) is 33.0 Å². The molecule has 32 heavy (non-hydrogen) atoms. The molecule has 1 aliphatic carbocycles. The molecule has 9 heteroatoms. The smallest absolute Gasteiger partial charge is 0.360 e. The molecule has 168 valence electrons. The molecule has 3 N–H and O–H groups in total. The standard InChI is InChI=1S/C23H22ClF3N4S/c1-13-8-16-11-29-7-6-15(16)10-19(13)20-21(24)31-22(32-20)30-12-18(28)9-14-2-4-17(5-3-14)23(25,26)27/h2-8,10-11,13,18-19H,9,12,28H2,1H3,(H,30,31). The summed E-state index contributed by atoms with van der Waals surface area (Å²) in [6.07, 6.45) is 4.13. The first-order chi connectivity index (χ1) is 15.2. The number of fused-ring (bicyclic) bond motifs is 1. The Labute approximate surface area is 192 Å². The fourth-order valence-electron chi connectivity index (χ4n) is 3.77. The number of halogens is 4. The average molecular weight is 479 g/mol. The van der Waals surface area contributed by atoms with Crippen molar-refractivity contribution in [1.29, 1.82) is 0 Å². The van der Waals surface area contributed by atoms with Crippen molar-refractivity contribution in [3.8, 4) is 0 Å². The van der Waals surface area contributed by atoms with Crippen LogP contribution in [0.1, 0.15) is 28.8 Å². The van der Waals surface area contributed by atoms with Gasteiger partial charge in [0.25, 0.3) is 0 Å². The van der Waals surface area contributed by atoms with Gasteiger partial charge in [0, 0.05) is 30.9 Å². The van der Waals surface area contributed by atoms with Crippen molar-refractivity contribution in [1.82, 2.24) is 9.97 Å². The minimum Gasteiger partial charge on any atom is -0.360 e. The lowest BCUT2D eigenvalue weighted by molar-refractivity contribution is -0.137. The van der Waals surface area contributed by atoms with Gasteiger partial charge in [-0.1, -0.05) is 54.1 Å². The van der Waals surface area contributed by atoms with E-state index < -0.39 is 11.7 Å². The Hall–Kier alpha value is -2.42. The summed E-state index contributed by atoms with van der Waals surface area (Å²) in [5, 5.41) is 6.60. The zero-order chi connectivity index (χ0) is 22.9. The fraction of sp³-hybridized carbons (Fsp3) is 0.304. The predicted octanol–water partition coefficient (Wildman–Crippen LogP) is 4.19. The molecule has 3 unspecified atom stereocenters. The number of anilines is 1. The molecule has 1 aliphatic rings. The van der Waals surface area contributed by atoms with E-state index in [9.17, 15) is 13.2 Å². The number of hydrogen-bond acceptors (Lipinski definition) is 5. The van der Waals surface area contributed by atoms with E-state index in [-0.39, 0.29) is 17.9 Å². The van der Waals surface area contributed by atoms with Crippen LogP contribution in [0.25, 0.3) is 12.2 Å². The molecule has 2 heterocycles. The Morgan fingerprint density at radius 3 is 2.62 bits per heavy atom. The van der Waals surface area contributed by atoms with Gasteiger partial charge in [-0.2, -0.15) is 13.2 Å². The van der Waals surface area contributed by atoms with Crippen molar-refractivity contribution in [3.05, 3.63) is 74.3 Å². The zero-order valence-corrected chi connectivity index (χ0v) is 18.8. The van der Waals surface area contributed by atoms with Crippen molar-refractivity contribution < 1.29 is 13.2 Å². The zero-order valence-electron chi connectivity index (χ0n) is 17.2. The molecule has 1 aromatic carbocycles. The minimum atomic E-state index is -4.34. The molecule has 2 aromatic heterocycles. The number of alkyl halides is 3. The van der Waals surface area contributed by atoms with Crippen LogP contribution in [0.5, 0.6) is 0 Å². The number of thiazole rings is 1. The summed E-state index contributed by atoms with van der Waals surface area (Å²) in [5.41, 5.74) is 6.27. The number of aromatic nitrogens is 2. The number of pyridine rings is 1. The molecule has 0 fully saturated rings. The molecule has 0 saturated carbocycles. The highest BCUT2D eigenvalue weighted by Gasteiger charge is 2.30. The quantitative estimate of drug-likeness (QED) is 0.557. The monoisotopic (exact) mass is 478 g/mol. The van der Waals surface area contributed by atoms with Crippen molar-refractivity contribution in [2.45, 2.75) is 31.5 Å². The van der Waals surface area contributed by atoms with Gasteiger partial charge in [0.05, 0.1) is 10.4 Å². The number of nitrogens with zero attached hydrogens (tertiary/aromatic N) is 2. The Morgan fingerprint density at radius 1 is 1.16 bits per heavy atom. The predicted molar refractivity (Wildman–Crippen MR) is 123 cm³/mol. The highest BCUT2D eigenvalue weighted by molar-refractivity contribution is 7.16. The summed E-state index contributed by atoms with van der Waals surface area (Å²) < 4.78 is 38.1. The molecule has 0 amide bonds. The lowest BCUT2D eigenvalue weighted by atomic mass is 9.87. The second kappa shape index (κ2) is 9.21. The number of rotatable bonds is 6. The number of hydrogen-bond donors (Lipinski definition) is 2. The van der Waals surface area contributed by atoms with E-state index in [1.807, 2.05) is 12.3 Å². The first-order valence-electron chi connectivity index (χ1n) is 10.2. The third kappa shape index (κ3) is 5.14. The topological polar surface area (TPSA) is 63.8 Å². The summed E-state index contributed by atoms with van der Waals surface area (Å²) in [7, 11) is 0. The highest BCUT2D eigenvalue weighted by atomic mass is 35.5. The Morgan fingerprint density at radius 2 is 1.91 bits per heavy atom. The van der Waals surface area contributed by atoms with E-state index in [4.69, 9.17) is 17.3 Å². The van der Waals surface area contributed by atoms with Gasteiger partial charge >= 0.3 is 6.18 Å². The van der Waals surface area contributed by atoms with Crippen molar-refractivity contribution >= 4 is 40.2 Å². The molecular formula is C23H22ClF3N4S. The SMILES string of the molecule is CC1C=c2cnccc2=CC1c1sc(NCC(N)Cc2ccc(C(F)(F)F)cc2)nc1Cl. The lowest BCUT2D eigenvalue weighted by Gasteiger charge is -2.19. The van der Waals surface area contributed by atoms with Crippen molar-refractivity contribution in [3.63, 3.8) is 0 Å². The average Bonchev–Trinajstić information content (AvgIpc) is 3.12. The van der Waals surface area contributed by atoms with Crippen LogP contribution < -0.4 is 21.5 Å². The van der Waals surface area contributed by atoms with Gasteiger partial charge in [0.15, 0.2) is 5.13 Å². The maximum Gasteiger partial charge on any atom is 0.416 e. The molecular weight excluding hydrogens is 457 g/mol. The first kappa shape index (κ1) is 22.8. The summed E-state index contributed by atoms with van der Waals surface area (Å²) in [5.74, 6) is 0.366. The van der Waals surface area contributed by atoms with Gasteiger partial charge < -0.3 is 11.1 Å². The Kier molecular flexibility index (Phi) is 6.55. The summed E-state index contributed by atoms with van der Waals surface area (Å²) >= 11 is 7.95. The maximum absolute atomic E-state index is 12.7. The number of nitrogens with one attached hydrogen (secondary N) is 1. The van der Waals surface area contributed by atoms with Crippen LogP contribution in [0.3, 0.4) is 0 Å². The largest absolute Gasteiger partial charge is 0.416 e. The highest BCUT2D eigenvalue weighted by Crippen LogP contribution is 2.39. The van der Waals surface area contributed by atoms with E-state index in [0.29, 0.717) is 23.3 Å². The van der Waals surface area contributed by atoms with Gasteiger partial charge in [0.1, 0.15) is 5.15 Å². The Balaban J connectivity index is 1.40. The van der Waals surface area contributed by atoms with Gasteiger partial charge in [-0.3, -0.25) is 4.98 Å². The van der Waals surface area contributed by atoms with Crippen LogP contribution in [-0.2, 0) is 12.6 Å². The molecule has 0 radical (unpaired) electrons. The fourth-order valence-corrected chi connectivity index (χ4v) is 5.20. The molecule has 0 saturated heterocycles. The van der Waals surface area contributed by atoms with Crippen molar-refractivity contribution in [2.24, 2.45) is 11.7 Å². The van der Waals surface area contributed by atoms with Gasteiger partial charge in [0.2, 0.25) is 0 Å². The third-order valence-electron chi connectivity index (χ3n) is 5.46. The minimum absolute atomic E-state index is 0.117. The van der Waals surface area contributed by atoms with Crippen LogP contribution in [0.15, 0.2) is 42.7 Å². The summed E-state index contributed by atoms with van der Waals surface area (Å²) in [6, 6.07) is 6.78. The van der Waals surface area contributed by atoms with Crippen LogP contribution >= 0.6 is 22.9 Å². The molecule has 4 rings (SSSR count). The van der Waals surface area contributed by atoms with Gasteiger partial charge in [-0.15, -0.1) is 0 Å². The number of benzene rings is 1. The second-order valence-corrected chi connectivity index (χ2v) is 9.33. The molecule has 3 atom stereocenters. The molecule has 4 nitrogen and oxygen atoms in total. The summed E-state index contributed by atoms with van der Waals surface area (Å²) in [4.78, 5) is 9.60. The van der Waals surface area contributed by atoms with E-state index in [1.54, 1.807) is 6.20 Å². The molecule has 3 aromatic rings. The number of nitrogens with two attached hydrogens (primary N) is 1. The molecule has 0 bridgehead atoms. The molecule has 0 spiro atoms. The molecule has 0 aliphatic heterocycles. The van der Waals surface area contributed by atoms with Crippen molar-refractivity contribution in [2.75, 3.05) is 11.9 Å². The lowest BCUT2D eigenvalue weighted by Crippen LogP contribution is -2.31. The summed E-state index contributed by atoms with van der Waals surface area (Å²) in [6.45, 7) is 2.56. The van der Waals surface area contributed by atoms with E-state index in [2.05, 4.69) is 34.4 Å². The van der Waals surface area contributed by atoms with Gasteiger partial charge in [-0.25, -0.2) is 4.98 Å². The van der Waals surface area contributed by atoms with Crippen LogP contribution in [0, 0.1) is 5.92 Å². The van der Waals surface area contributed by atoms with E-state index in [1.165, 1.54) is 23.5 Å². The Bertz CT molecular complexity index is 1210. The van der Waals surface area contributed by atoms with Crippen LogP contribution in [0.4, 0.5) is 18.3 Å². The van der Waals surface area contributed by atoms with Crippen LogP contribution in [0.2, 0.25) is 5.15 Å². The van der Waals surface area contributed by atoms with Crippen LogP contribution in [-0.4, -0.2) is 22.6 Å². The normalized spacial score (nSPS) is 18.9. The third-order valence-corrected chi connectivity index (χ3v) is 6.98. The van der Waals surface area contributed by atoms with Gasteiger partial charge in [-0.05, 0) is 46.5 Å². The first-order valence-corrected chi connectivity index (χ1v) is 11.4. The second-order valence-electron chi connectivity index (χ2n) is 7.94. The van der Waals surface area contributed by atoms with E-state index >= 15 is 0 Å².